The molecule has 3 N–H and O–H groups in total. The molecule has 0 aliphatic carbocycles. The number of nitrogens with one attached hydrogen (secondary N) is 1. The second kappa shape index (κ2) is 8.53. The second-order valence-corrected chi connectivity index (χ2v) is 6.31. The van der Waals surface area contributed by atoms with Crippen molar-refractivity contribution in [2.45, 2.75) is 33.1 Å². The summed E-state index contributed by atoms with van der Waals surface area (Å²) in [6, 6.07) is 7.82. The predicted octanol–water partition coefficient (Wildman–Crippen LogP) is 3.63. The zero-order valence-electron chi connectivity index (χ0n) is 11.7. The molecule has 0 fully saturated rings. The van der Waals surface area contributed by atoms with Gasteiger partial charge in [-0.15, -0.1) is 0 Å². The summed E-state index contributed by atoms with van der Waals surface area (Å²) in [7, 11) is 0. The predicted molar refractivity (Wildman–Crippen MR) is 89.0 cm³/mol. The Kier molecular flexibility index (Phi) is 7.38. The van der Waals surface area contributed by atoms with Gasteiger partial charge in [0.1, 0.15) is 0 Å². The Morgan fingerprint density at radius 1 is 1.32 bits per heavy atom. The number of carbonyl (C=O) groups is 1. The molecule has 3 nitrogen and oxygen atoms in total. The number of para-hydroxylation sites is 1. The van der Waals surface area contributed by atoms with Crippen LogP contribution in [0.2, 0.25) is 0 Å². The summed E-state index contributed by atoms with van der Waals surface area (Å²) < 4.78 is 1.07. The maximum absolute atomic E-state index is 12.0. The van der Waals surface area contributed by atoms with Crippen LogP contribution in [0.5, 0.6) is 0 Å². The highest BCUT2D eigenvalue weighted by Crippen LogP contribution is 2.22. The molecule has 1 rings (SSSR count). The fourth-order valence-electron chi connectivity index (χ4n) is 2.12. The van der Waals surface area contributed by atoms with E-state index in [-0.39, 0.29) is 5.91 Å². The van der Waals surface area contributed by atoms with Crippen LogP contribution in [0, 0.1) is 15.4 Å². The molecule has 1 unspecified atom stereocenters. The van der Waals surface area contributed by atoms with E-state index in [0.29, 0.717) is 24.8 Å². The highest BCUT2D eigenvalue weighted by molar-refractivity contribution is 14.1. The monoisotopic (exact) mass is 374 g/mol. The smallest absolute Gasteiger partial charge is 0.224 e. The zero-order valence-corrected chi connectivity index (χ0v) is 13.8. The molecule has 0 aliphatic rings. The maximum atomic E-state index is 12.0. The van der Waals surface area contributed by atoms with Crippen molar-refractivity contribution in [3.8, 4) is 0 Å². The van der Waals surface area contributed by atoms with Crippen LogP contribution < -0.4 is 11.1 Å². The molecule has 1 atom stereocenters. The van der Waals surface area contributed by atoms with E-state index in [1.807, 2.05) is 24.3 Å². The topological polar surface area (TPSA) is 55.1 Å². The molecule has 0 bridgehead atoms. The van der Waals surface area contributed by atoms with Gasteiger partial charge in [-0.25, -0.2) is 0 Å². The molecule has 19 heavy (non-hydrogen) atoms. The van der Waals surface area contributed by atoms with Gasteiger partial charge < -0.3 is 11.1 Å². The van der Waals surface area contributed by atoms with E-state index in [2.05, 4.69) is 41.8 Å². The van der Waals surface area contributed by atoms with Gasteiger partial charge >= 0.3 is 0 Å². The molecule has 0 aromatic heterocycles. The van der Waals surface area contributed by atoms with Crippen LogP contribution in [-0.4, -0.2) is 12.5 Å². The minimum Gasteiger partial charge on any atom is -0.330 e. The van der Waals surface area contributed by atoms with Crippen LogP contribution in [0.15, 0.2) is 24.3 Å². The van der Waals surface area contributed by atoms with Crippen LogP contribution in [-0.2, 0) is 4.79 Å². The van der Waals surface area contributed by atoms with Gasteiger partial charge in [0.15, 0.2) is 0 Å². The van der Waals surface area contributed by atoms with Crippen molar-refractivity contribution in [2.75, 3.05) is 11.9 Å². The molecule has 0 saturated carbocycles. The molecule has 106 valence electrons. The molecule has 0 spiro atoms. The first-order valence-electron chi connectivity index (χ1n) is 6.79. The third kappa shape index (κ3) is 5.91. The van der Waals surface area contributed by atoms with Gasteiger partial charge in [0, 0.05) is 9.99 Å². The molecule has 1 aromatic rings. The Morgan fingerprint density at radius 3 is 2.58 bits per heavy atom. The first-order valence-corrected chi connectivity index (χ1v) is 7.87. The average Bonchev–Trinajstić information content (AvgIpc) is 2.37. The molecular weight excluding hydrogens is 351 g/mol. The molecule has 0 radical (unpaired) electrons. The number of carbonyl (C=O) groups excluding carboxylic acids is 1. The van der Waals surface area contributed by atoms with Gasteiger partial charge in [-0.3, -0.25) is 4.79 Å². The first-order chi connectivity index (χ1) is 9.04. The Labute approximate surface area is 129 Å². The van der Waals surface area contributed by atoms with Crippen molar-refractivity contribution in [1.29, 1.82) is 0 Å². The van der Waals surface area contributed by atoms with Crippen LogP contribution in [0.25, 0.3) is 0 Å². The summed E-state index contributed by atoms with van der Waals surface area (Å²) in [5.74, 6) is 1.20. The van der Waals surface area contributed by atoms with Crippen molar-refractivity contribution in [1.82, 2.24) is 0 Å². The number of hydrogen-bond donors (Lipinski definition) is 2. The van der Waals surface area contributed by atoms with Crippen LogP contribution in [0.3, 0.4) is 0 Å². The third-order valence-electron chi connectivity index (χ3n) is 3.37. The molecule has 0 aliphatic heterocycles. The molecular formula is C15H23IN2O. The van der Waals surface area contributed by atoms with Crippen molar-refractivity contribution in [2.24, 2.45) is 17.6 Å². The normalized spacial score (nSPS) is 12.5. The SMILES string of the molecule is CC(C)C(CCN)CCC(=O)Nc1ccccc1I. The minimum atomic E-state index is 0.0896. The number of hydrogen-bond acceptors (Lipinski definition) is 2. The lowest BCUT2D eigenvalue weighted by atomic mass is 9.88. The Hall–Kier alpha value is -0.620. The lowest BCUT2D eigenvalue weighted by Gasteiger charge is -2.19. The third-order valence-corrected chi connectivity index (χ3v) is 4.31. The summed E-state index contributed by atoms with van der Waals surface area (Å²) in [6.45, 7) is 5.08. The number of benzene rings is 1. The van der Waals surface area contributed by atoms with E-state index in [1.165, 1.54) is 0 Å². The first kappa shape index (κ1) is 16.4. The van der Waals surface area contributed by atoms with Crippen LogP contribution in [0.4, 0.5) is 5.69 Å². The largest absolute Gasteiger partial charge is 0.330 e. The van der Waals surface area contributed by atoms with E-state index in [9.17, 15) is 4.79 Å². The van der Waals surface area contributed by atoms with Gasteiger partial charge in [-0.1, -0.05) is 26.0 Å². The Bertz CT molecular complexity index is 407. The van der Waals surface area contributed by atoms with Gasteiger partial charge in [0.25, 0.3) is 0 Å². The number of anilines is 1. The summed E-state index contributed by atoms with van der Waals surface area (Å²) in [5.41, 5.74) is 6.51. The Morgan fingerprint density at radius 2 is 2.00 bits per heavy atom. The lowest BCUT2D eigenvalue weighted by molar-refractivity contribution is -0.116. The molecule has 1 aromatic carbocycles. The zero-order chi connectivity index (χ0) is 14.3. The van der Waals surface area contributed by atoms with Crippen molar-refractivity contribution in [3.63, 3.8) is 0 Å². The van der Waals surface area contributed by atoms with E-state index in [1.54, 1.807) is 0 Å². The molecule has 4 heteroatoms. The highest BCUT2D eigenvalue weighted by Gasteiger charge is 2.14. The van der Waals surface area contributed by atoms with E-state index in [4.69, 9.17) is 5.73 Å². The fourth-order valence-corrected chi connectivity index (χ4v) is 2.64. The lowest BCUT2D eigenvalue weighted by Crippen LogP contribution is -2.18. The number of rotatable bonds is 7. The van der Waals surface area contributed by atoms with Gasteiger partial charge in [0.2, 0.25) is 5.91 Å². The molecule has 1 amide bonds. The summed E-state index contributed by atoms with van der Waals surface area (Å²) >= 11 is 2.23. The highest BCUT2D eigenvalue weighted by atomic mass is 127. The van der Waals surface area contributed by atoms with Gasteiger partial charge in [-0.05, 0) is 65.9 Å². The van der Waals surface area contributed by atoms with Crippen molar-refractivity contribution < 1.29 is 4.79 Å². The number of halogens is 1. The quantitative estimate of drug-likeness (QED) is 0.717. The van der Waals surface area contributed by atoms with Crippen LogP contribution in [0.1, 0.15) is 33.1 Å². The number of nitrogens with two attached hydrogens (primary N) is 1. The van der Waals surface area contributed by atoms with E-state index in [0.717, 1.165) is 22.1 Å². The van der Waals surface area contributed by atoms with Gasteiger partial charge in [-0.2, -0.15) is 0 Å². The van der Waals surface area contributed by atoms with Crippen molar-refractivity contribution in [3.05, 3.63) is 27.8 Å². The maximum Gasteiger partial charge on any atom is 0.224 e. The van der Waals surface area contributed by atoms with Gasteiger partial charge in [0.05, 0.1) is 5.69 Å². The summed E-state index contributed by atoms with van der Waals surface area (Å²) in [5, 5.41) is 2.97. The molecule has 0 saturated heterocycles. The fraction of sp³-hybridized carbons (Fsp3) is 0.533. The van der Waals surface area contributed by atoms with Crippen molar-refractivity contribution >= 4 is 34.2 Å². The Balaban J connectivity index is 2.45. The molecule has 0 heterocycles. The minimum absolute atomic E-state index is 0.0896. The van der Waals surface area contributed by atoms with E-state index >= 15 is 0 Å². The summed E-state index contributed by atoms with van der Waals surface area (Å²) in [6.07, 6.45) is 2.46. The average molecular weight is 374 g/mol. The second-order valence-electron chi connectivity index (χ2n) is 5.15. The van der Waals surface area contributed by atoms with Crippen LogP contribution >= 0.6 is 22.6 Å². The van der Waals surface area contributed by atoms with E-state index < -0.39 is 0 Å². The standard InChI is InChI=1S/C15H23IN2O/c1-11(2)12(9-10-17)7-8-15(19)18-14-6-4-3-5-13(14)16/h3-6,11-12H,7-10,17H2,1-2H3,(H,18,19). The number of amides is 1. The summed E-state index contributed by atoms with van der Waals surface area (Å²) in [4.78, 5) is 12.0.